The molecule has 6 nitrogen and oxygen atoms in total. The van der Waals surface area contributed by atoms with Gasteiger partial charge in [-0.15, -0.1) is 0 Å². The quantitative estimate of drug-likeness (QED) is 0.531. The molecule has 9 heteroatoms. The summed E-state index contributed by atoms with van der Waals surface area (Å²) in [6, 6.07) is 13.0. The lowest BCUT2D eigenvalue weighted by Crippen LogP contribution is -2.42. The molecular weight excluding hydrogens is 496 g/mol. The molecule has 1 atom stereocenters. The van der Waals surface area contributed by atoms with Gasteiger partial charge in [0.25, 0.3) is 0 Å². The van der Waals surface area contributed by atoms with Crippen LogP contribution in [0.3, 0.4) is 0 Å². The van der Waals surface area contributed by atoms with Crippen molar-refractivity contribution in [1.29, 1.82) is 5.26 Å². The van der Waals surface area contributed by atoms with Crippen molar-refractivity contribution in [3.63, 3.8) is 0 Å². The van der Waals surface area contributed by atoms with Gasteiger partial charge in [0, 0.05) is 34.5 Å². The van der Waals surface area contributed by atoms with E-state index in [0.29, 0.717) is 34.5 Å². The van der Waals surface area contributed by atoms with Crippen molar-refractivity contribution in [2.24, 2.45) is 4.99 Å². The lowest BCUT2D eigenvalue weighted by molar-refractivity contribution is 0.214. The Hall–Kier alpha value is -2.41. The molecule has 1 unspecified atom stereocenters. The summed E-state index contributed by atoms with van der Waals surface area (Å²) in [5.74, 6) is 3.33. The largest absolute Gasteiger partial charge is 0.456 e. The number of rotatable bonds is 1. The number of carbonyl (C=O) groups excluding carboxylic acids is 1. The highest BCUT2D eigenvalue weighted by Gasteiger charge is 2.36. The van der Waals surface area contributed by atoms with Crippen LogP contribution in [-0.4, -0.2) is 34.1 Å². The Bertz CT molecular complexity index is 1100. The number of carbonyl (C=O) groups is 1. The zero-order valence-corrected chi connectivity index (χ0v) is 19.7. The molecule has 2 heterocycles. The smallest absolute Gasteiger partial charge is 0.324 e. The first-order valence-electron chi connectivity index (χ1n) is 9.57. The second kappa shape index (κ2) is 9.81. The normalized spacial score (nSPS) is 20.0. The minimum atomic E-state index is -0.225. The Morgan fingerprint density at radius 2 is 2.23 bits per heavy atom. The van der Waals surface area contributed by atoms with E-state index in [0.717, 1.165) is 27.1 Å². The summed E-state index contributed by atoms with van der Waals surface area (Å²) in [5.41, 5.74) is 2.41. The van der Waals surface area contributed by atoms with Crippen LogP contribution in [-0.2, 0) is 5.75 Å². The lowest BCUT2D eigenvalue weighted by atomic mass is 10.0. The zero-order chi connectivity index (χ0) is 21.8. The third-order valence-corrected chi connectivity index (χ3v) is 7.67. The van der Waals surface area contributed by atoms with E-state index in [1.807, 2.05) is 30.3 Å². The minimum Gasteiger partial charge on any atom is -0.456 e. The van der Waals surface area contributed by atoms with E-state index >= 15 is 0 Å². The van der Waals surface area contributed by atoms with Gasteiger partial charge in [-0.25, -0.2) is 9.79 Å². The molecule has 0 radical (unpaired) electrons. The fourth-order valence-corrected chi connectivity index (χ4v) is 5.92. The number of hydrogen-bond acceptors (Lipinski definition) is 6. The van der Waals surface area contributed by atoms with E-state index in [9.17, 15) is 10.1 Å². The van der Waals surface area contributed by atoms with Gasteiger partial charge < -0.3 is 10.1 Å². The average Bonchev–Trinajstić information content (AvgIpc) is 3.19. The summed E-state index contributed by atoms with van der Waals surface area (Å²) < 4.78 is 7.14. The molecule has 0 aromatic heterocycles. The summed E-state index contributed by atoms with van der Waals surface area (Å²) in [6.07, 6.45) is 1.45. The van der Waals surface area contributed by atoms with E-state index in [2.05, 4.69) is 38.9 Å². The van der Waals surface area contributed by atoms with Gasteiger partial charge >= 0.3 is 6.03 Å². The number of benzene rings is 2. The number of ether oxygens (including phenoxy) is 1. The van der Waals surface area contributed by atoms with Crippen LogP contribution in [0.5, 0.6) is 11.5 Å². The molecule has 0 saturated carbocycles. The van der Waals surface area contributed by atoms with Crippen LogP contribution in [0.1, 0.15) is 22.7 Å². The molecule has 1 fully saturated rings. The highest BCUT2D eigenvalue weighted by molar-refractivity contribution is 9.10. The molecule has 0 spiro atoms. The Morgan fingerprint density at radius 3 is 3.03 bits per heavy atom. The van der Waals surface area contributed by atoms with Gasteiger partial charge in [-0.1, -0.05) is 40.3 Å². The van der Waals surface area contributed by atoms with E-state index in [1.165, 1.54) is 18.0 Å². The van der Waals surface area contributed by atoms with Gasteiger partial charge in [-0.3, -0.25) is 4.90 Å². The molecule has 4 rings (SSSR count). The highest BCUT2D eigenvalue weighted by Crippen LogP contribution is 2.38. The fraction of sp³-hybridized carbons (Fsp3) is 0.227. The number of aliphatic imine (C=N–C) groups is 1. The van der Waals surface area contributed by atoms with Gasteiger partial charge in [0.2, 0.25) is 0 Å². The molecular formula is C22H19BrN4O2S2. The van der Waals surface area contributed by atoms with Gasteiger partial charge in [0.05, 0.1) is 11.6 Å². The van der Waals surface area contributed by atoms with E-state index < -0.39 is 0 Å². The minimum absolute atomic E-state index is 0.195. The molecule has 2 aliphatic heterocycles. The Morgan fingerprint density at radius 1 is 1.35 bits per heavy atom. The molecule has 2 aromatic carbocycles. The topological polar surface area (TPSA) is 77.7 Å². The molecule has 1 saturated heterocycles. The Balaban J connectivity index is 1.79. The van der Waals surface area contributed by atoms with E-state index in [1.54, 1.807) is 22.7 Å². The van der Waals surface area contributed by atoms with Crippen LogP contribution in [0.4, 0.5) is 4.79 Å². The van der Waals surface area contributed by atoms with Crippen LogP contribution >= 0.6 is 39.5 Å². The number of hydrogen-bond donors (Lipinski definition) is 1. The zero-order valence-electron chi connectivity index (χ0n) is 16.5. The third kappa shape index (κ3) is 4.76. The second-order valence-electron chi connectivity index (χ2n) is 6.80. The maximum absolute atomic E-state index is 13.0. The molecule has 2 aliphatic rings. The fourth-order valence-electron chi connectivity index (χ4n) is 3.35. The summed E-state index contributed by atoms with van der Waals surface area (Å²) in [6.45, 7) is 4.21. The first-order chi connectivity index (χ1) is 15.1. The number of amidine groups is 1. The second-order valence-corrected chi connectivity index (χ2v) is 9.74. The van der Waals surface area contributed by atoms with Crippen LogP contribution < -0.4 is 10.1 Å². The number of amides is 2. The monoisotopic (exact) mass is 514 g/mol. The Labute approximate surface area is 197 Å². The van der Waals surface area contributed by atoms with Crippen molar-refractivity contribution < 1.29 is 9.53 Å². The number of halogens is 1. The molecule has 2 aromatic rings. The van der Waals surface area contributed by atoms with Crippen molar-refractivity contribution in [2.75, 3.05) is 18.1 Å². The highest BCUT2D eigenvalue weighted by atomic mass is 79.9. The predicted octanol–water partition coefficient (Wildman–Crippen LogP) is 5.66. The molecule has 158 valence electrons. The van der Waals surface area contributed by atoms with Gasteiger partial charge in [-0.2, -0.15) is 17.0 Å². The molecule has 2 amide bonds. The number of nitrogens with zero attached hydrogens (tertiary/aromatic N) is 3. The van der Waals surface area contributed by atoms with Crippen molar-refractivity contribution in [3.05, 3.63) is 70.3 Å². The average molecular weight is 515 g/mol. The number of fused-ring (bicyclic) bond motifs is 6. The number of nitrogens with one attached hydrogen (secondary N) is 1. The SMILES string of the molecule is C=CN=C1SCC2c3ccc(C#N)c(c3)Oc3ccc(Br)c(c3)CSCCNC(=O)N12. The number of nitriles is 1. The van der Waals surface area contributed by atoms with E-state index in [-0.39, 0.29) is 12.1 Å². The standard InChI is InChI=1S/C22H19BrN4O2S2/c1-2-25-22-27-19(13-31-22)14-3-4-15(11-24)20(10-14)29-17-5-6-18(23)16(9-17)12-30-8-7-26-21(27)28/h2-6,9-10,19H,1,7-8,12-13H2,(H,26,28). The van der Waals surface area contributed by atoms with Crippen LogP contribution in [0.15, 0.2) is 58.6 Å². The van der Waals surface area contributed by atoms with E-state index in [4.69, 9.17) is 4.74 Å². The molecule has 4 bridgehead atoms. The number of thioether (sulfide) groups is 2. The molecule has 1 N–H and O–H groups in total. The van der Waals surface area contributed by atoms with Crippen molar-refractivity contribution >= 4 is 50.7 Å². The lowest BCUT2D eigenvalue weighted by Gasteiger charge is -2.25. The molecule has 0 aliphatic carbocycles. The van der Waals surface area contributed by atoms with Crippen molar-refractivity contribution in [2.45, 2.75) is 11.8 Å². The van der Waals surface area contributed by atoms with Gasteiger partial charge in [0.1, 0.15) is 17.6 Å². The summed E-state index contributed by atoms with van der Waals surface area (Å²) in [7, 11) is 0. The Kier molecular flexibility index (Phi) is 6.90. The summed E-state index contributed by atoms with van der Waals surface area (Å²) in [4.78, 5) is 19.0. The van der Waals surface area contributed by atoms with Gasteiger partial charge in [0.15, 0.2) is 5.17 Å². The van der Waals surface area contributed by atoms with Crippen LogP contribution in [0.25, 0.3) is 0 Å². The molecule has 31 heavy (non-hydrogen) atoms. The van der Waals surface area contributed by atoms with Crippen LogP contribution in [0.2, 0.25) is 0 Å². The van der Waals surface area contributed by atoms with Crippen molar-refractivity contribution in [3.8, 4) is 17.6 Å². The van der Waals surface area contributed by atoms with Gasteiger partial charge in [-0.05, 0) is 41.5 Å². The third-order valence-electron chi connectivity index (χ3n) is 4.84. The maximum Gasteiger partial charge on any atom is 0.324 e. The van der Waals surface area contributed by atoms with Crippen LogP contribution in [0, 0.1) is 11.3 Å². The predicted molar refractivity (Wildman–Crippen MR) is 130 cm³/mol. The first kappa shape index (κ1) is 21.8. The maximum atomic E-state index is 13.0. The summed E-state index contributed by atoms with van der Waals surface area (Å²) >= 11 is 6.82. The summed E-state index contributed by atoms with van der Waals surface area (Å²) in [5, 5.41) is 13.2. The number of urea groups is 1. The first-order valence-corrected chi connectivity index (χ1v) is 12.5. The van der Waals surface area contributed by atoms with Crippen molar-refractivity contribution in [1.82, 2.24) is 10.2 Å².